The highest BCUT2D eigenvalue weighted by atomic mass is 19.3. The third kappa shape index (κ3) is 5.35. The Hall–Kier alpha value is -3.51. The van der Waals surface area contributed by atoms with Gasteiger partial charge in [0.1, 0.15) is 12.4 Å². The number of rotatable bonds is 6. The van der Waals surface area contributed by atoms with E-state index in [0.717, 1.165) is 56.0 Å². The summed E-state index contributed by atoms with van der Waals surface area (Å²) >= 11 is 0. The predicted octanol–water partition coefficient (Wildman–Crippen LogP) is 5.05. The Labute approximate surface area is 228 Å². The number of halogens is 2. The number of hydrogen-bond acceptors (Lipinski definition) is 6. The van der Waals surface area contributed by atoms with Crippen LogP contribution in [0.1, 0.15) is 30.5 Å². The molecule has 0 radical (unpaired) electrons. The van der Waals surface area contributed by atoms with E-state index in [1.54, 1.807) is 11.9 Å². The molecule has 2 atom stereocenters. The van der Waals surface area contributed by atoms with Gasteiger partial charge < -0.3 is 19.4 Å². The van der Waals surface area contributed by atoms with Crippen LogP contribution in [0.2, 0.25) is 0 Å². The first kappa shape index (κ1) is 25.8. The summed E-state index contributed by atoms with van der Waals surface area (Å²) in [7, 11) is 1.71. The van der Waals surface area contributed by atoms with Crippen LogP contribution in [0.4, 0.5) is 20.3 Å². The maximum atomic E-state index is 14.0. The molecule has 3 aliphatic rings. The van der Waals surface area contributed by atoms with Crippen molar-refractivity contribution in [1.29, 1.82) is 0 Å². The Morgan fingerprint density at radius 3 is 2.77 bits per heavy atom. The van der Waals surface area contributed by atoms with Crippen molar-refractivity contribution in [2.75, 3.05) is 56.2 Å². The molecular formula is C30H34F2N6O. The van der Waals surface area contributed by atoms with Gasteiger partial charge in [-0.2, -0.15) is 9.97 Å². The van der Waals surface area contributed by atoms with Crippen molar-refractivity contribution in [3.63, 3.8) is 0 Å². The second-order valence-corrected chi connectivity index (χ2v) is 11.2. The fourth-order valence-corrected chi connectivity index (χ4v) is 6.36. The number of piperidine rings is 1. The van der Waals surface area contributed by atoms with Gasteiger partial charge in [-0.3, -0.25) is 4.90 Å². The van der Waals surface area contributed by atoms with Crippen LogP contribution in [0.3, 0.4) is 0 Å². The molecule has 4 heterocycles. The molecule has 39 heavy (non-hydrogen) atoms. The van der Waals surface area contributed by atoms with Crippen LogP contribution in [0.25, 0.3) is 15.6 Å². The van der Waals surface area contributed by atoms with E-state index in [1.165, 1.54) is 16.5 Å². The van der Waals surface area contributed by atoms with Crippen LogP contribution < -0.4 is 14.5 Å². The van der Waals surface area contributed by atoms with E-state index in [9.17, 15) is 8.78 Å². The van der Waals surface area contributed by atoms with Crippen LogP contribution in [-0.2, 0) is 13.0 Å². The summed E-state index contributed by atoms with van der Waals surface area (Å²) in [5.74, 6) is -1.50. The lowest BCUT2D eigenvalue weighted by molar-refractivity contribution is 0.0136. The van der Waals surface area contributed by atoms with E-state index < -0.39 is 5.92 Å². The van der Waals surface area contributed by atoms with Gasteiger partial charge in [-0.1, -0.05) is 36.4 Å². The minimum Gasteiger partial charge on any atom is -0.462 e. The SMILES string of the molecule is [C-]#[N+]C[C@@H]1CCCN(c2nc(OC[C@@H]3CC(F)(F)CN3C)nc3c2CCN(c2cccc4ccccc24)C3)C1. The smallest absolute Gasteiger partial charge is 0.318 e. The van der Waals surface area contributed by atoms with E-state index in [4.69, 9.17) is 21.3 Å². The monoisotopic (exact) mass is 532 g/mol. The first-order chi connectivity index (χ1) is 18.9. The highest BCUT2D eigenvalue weighted by Crippen LogP contribution is 2.36. The summed E-state index contributed by atoms with van der Waals surface area (Å²) in [6.45, 7) is 10.9. The van der Waals surface area contributed by atoms with E-state index in [-0.39, 0.29) is 31.6 Å². The van der Waals surface area contributed by atoms with Crippen molar-refractivity contribution in [1.82, 2.24) is 14.9 Å². The van der Waals surface area contributed by atoms with Gasteiger partial charge in [0.2, 0.25) is 6.54 Å². The average molecular weight is 533 g/mol. The van der Waals surface area contributed by atoms with E-state index in [2.05, 4.69) is 57.1 Å². The zero-order valence-electron chi connectivity index (χ0n) is 22.3. The van der Waals surface area contributed by atoms with Gasteiger partial charge in [0.05, 0.1) is 18.8 Å². The van der Waals surface area contributed by atoms with Crippen LogP contribution in [0.5, 0.6) is 6.01 Å². The number of nitrogens with zero attached hydrogens (tertiary/aromatic N) is 6. The first-order valence-corrected chi connectivity index (χ1v) is 13.8. The van der Waals surface area contributed by atoms with Gasteiger partial charge in [-0.15, -0.1) is 0 Å². The summed E-state index contributed by atoms with van der Waals surface area (Å²) in [5.41, 5.74) is 3.23. The molecule has 9 heteroatoms. The number of hydrogen-bond donors (Lipinski definition) is 0. The highest BCUT2D eigenvalue weighted by Gasteiger charge is 2.43. The first-order valence-electron chi connectivity index (χ1n) is 13.8. The molecule has 0 amide bonds. The number of alkyl halides is 2. The lowest BCUT2D eigenvalue weighted by Crippen LogP contribution is -2.39. The van der Waals surface area contributed by atoms with Crippen molar-refractivity contribution in [2.24, 2.45) is 5.92 Å². The summed E-state index contributed by atoms with van der Waals surface area (Å²) in [6, 6.07) is 14.6. The molecule has 0 spiro atoms. The Bertz CT molecular complexity index is 1390. The lowest BCUT2D eigenvalue weighted by atomic mass is 9.96. The van der Waals surface area contributed by atoms with Crippen LogP contribution in [0, 0.1) is 12.5 Å². The molecule has 7 nitrogen and oxygen atoms in total. The van der Waals surface area contributed by atoms with Gasteiger partial charge in [0.25, 0.3) is 5.92 Å². The highest BCUT2D eigenvalue weighted by molar-refractivity contribution is 5.94. The summed E-state index contributed by atoms with van der Waals surface area (Å²) < 4.78 is 34.0. The van der Waals surface area contributed by atoms with Crippen molar-refractivity contribution in [2.45, 2.75) is 44.2 Å². The molecule has 0 aliphatic carbocycles. The molecule has 1 aromatic heterocycles. The lowest BCUT2D eigenvalue weighted by Gasteiger charge is -2.36. The standard InChI is InChI=1S/C30H34F2N6O/c1-33-16-21-7-6-13-38(17-21)28-25-12-14-37(27-11-5-9-22-8-3-4-10-24(22)27)18-26(25)34-29(35-28)39-19-23-15-30(31,32)20-36(23)2/h3-5,8-11,21,23H,6-7,12-20H2,2H3/t21-,23-/m0/s1. The quantitative estimate of drug-likeness (QED) is 0.415. The molecule has 6 rings (SSSR count). The number of aromatic nitrogens is 2. The van der Waals surface area contributed by atoms with Crippen molar-refractivity contribution < 1.29 is 13.5 Å². The number of likely N-dealkylation sites (N-methyl/N-ethyl adjacent to an activating group) is 1. The van der Waals surface area contributed by atoms with Crippen molar-refractivity contribution in [3.05, 3.63) is 65.1 Å². The van der Waals surface area contributed by atoms with Gasteiger partial charge in [0.15, 0.2) is 0 Å². The number of anilines is 2. The second-order valence-electron chi connectivity index (χ2n) is 11.2. The van der Waals surface area contributed by atoms with E-state index in [1.807, 2.05) is 0 Å². The maximum Gasteiger partial charge on any atom is 0.318 e. The Morgan fingerprint density at radius 1 is 1.10 bits per heavy atom. The molecule has 2 saturated heterocycles. The Kier molecular flexibility index (Phi) is 6.98. The molecule has 0 bridgehead atoms. The Balaban J connectivity index is 1.31. The van der Waals surface area contributed by atoms with Crippen LogP contribution in [-0.4, -0.2) is 73.2 Å². The fraction of sp³-hybridized carbons (Fsp3) is 0.500. The topological polar surface area (TPSA) is 49.1 Å². The Morgan fingerprint density at radius 2 is 1.95 bits per heavy atom. The number of fused-ring (bicyclic) bond motifs is 2. The van der Waals surface area contributed by atoms with E-state index >= 15 is 0 Å². The van der Waals surface area contributed by atoms with Gasteiger partial charge in [-0.25, -0.2) is 15.4 Å². The van der Waals surface area contributed by atoms with Crippen LogP contribution in [0.15, 0.2) is 42.5 Å². The molecule has 0 unspecified atom stereocenters. The molecular weight excluding hydrogens is 498 g/mol. The molecule has 204 valence electrons. The summed E-state index contributed by atoms with van der Waals surface area (Å²) in [5, 5.41) is 2.40. The third-order valence-corrected chi connectivity index (χ3v) is 8.34. The van der Waals surface area contributed by atoms with Crippen molar-refractivity contribution >= 4 is 22.3 Å². The minimum absolute atomic E-state index is 0.123. The molecule has 3 aliphatic heterocycles. The summed E-state index contributed by atoms with van der Waals surface area (Å²) in [6.07, 6.45) is 2.64. The summed E-state index contributed by atoms with van der Waals surface area (Å²) in [4.78, 5) is 19.7. The molecule has 2 aromatic carbocycles. The van der Waals surface area contributed by atoms with Gasteiger partial charge in [0, 0.05) is 54.7 Å². The minimum atomic E-state index is -2.70. The van der Waals surface area contributed by atoms with Crippen molar-refractivity contribution in [3.8, 4) is 6.01 Å². The van der Waals surface area contributed by atoms with Gasteiger partial charge in [-0.05, 0) is 37.8 Å². The molecule has 0 N–H and O–H groups in total. The predicted molar refractivity (Wildman–Crippen MR) is 149 cm³/mol. The third-order valence-electron chi connectivity index (χ3n) is 8.34. The molecule has 0 saturated carbocycles. The molecule has 3 aromatic rings. The zero-order chi connectivity index (χ0) is 27.0. The number of benzene rings is 2. The zero-order valence-corrected chi connectivity index (χ0v) is 22.3. The number of likely N-dealkylation sites (tertiary alicyclic amines) is 1. The average Bonchev–Trinajstić information content (AvgIpc) is 3.21. The molecule has 2 fully saturated rings. The van der Waals surface area contributed by atoms with Gasteiger partial charge >= 0.3 is 6.01 Å². The fourth-order valence-electron chi connectivity index (χ4n) is 6.36. The largest absolute Gasteiger partial charge is 0.462 e. The second kappa shape index (κ2) is 10.6. The maximum absolute atomic E-state index is 14.0. The number of ether oxygens (including phenoxy) is 1. The van der Waals surface area contributed by atoms with Crippen LogP contribution >= 0.6 is 0 Å². The van der Waals surface area contributed by atoms with E-state index in [0.29, 0.717) is 19.0 Å². The normalized spacial score (nSPS) is 23.0.